The Hall–Kier alpha value is -1.65. The van der Waals surface area contributed by atoms with E-state index >= 15 is 0 Å². The van der Waals surface area contributed by atoms with Gasteiger partial charge in [0.1, 0.15) is 13.0 Å². The predicted octanol–water partition coefficient (Wildman–Crippen LogP) is 3.28. The summed E-state index contributed by atoms with van der Waals surface area (Å²) in [6.07, 6.45) is 3.61. The first-order valence-electron chi connectivity index (χ1n) is 6.81. The molecule has 0 aromatic heterocycles. The van der Waals surface area contributed by atoms with Gasteiger partial charge in [-0.1, -0.05) is 36.7 Å². The lowest BCUT2D eigenvalue weighted by molar-refractivity contribution is -0.146. The molecule has 0 bridgehead atoms. The van der Waals surface area contributed by atoms with E-state index in [9.17, 15) is 9.59 Å². The number of halogens is 1. The van der Waals surface area contributed by atoms with Gasteiger partial charge in [-0.25, -0.2) is 0 Å². The summed E-state index contributed by atoms with van der Waals surface area (Å²) < 4.78 is 10.1. The number of carbonyl (C=O) groups excluding carboxylic acids is 2. The van der Waals surface area contributed by atoms with E-state index < -0.39 is 5.97 Å². The van der Waals surface area contributed by atoms with Gasteiger partial charge in [0, 0.05) is 11.6 Å². The van der Waals surface area contributed by atoms with E-state index in [1.165, 1.54) is 6.08 Å². The molecule has 0 heterocycles. The number of hydrogen-bond acceptors (Lipinski definition) is 4. The minimum absolute atomic E-state index is 0.171. The molecule has 0 N–H and O–H groups in total. The van der Waals surface area contributed by atoms with Crippen molar-refractivity contribution < 1.29 is 19.1 Å². The number of rotatable bonds is 9. The lowest BCUT2D eigenvalue weighted by Crippen LogP contribution is -2.13. The highest BCUT2D eigenvalue weighted by molar-refractivity contribution is 6.30. The SMILES string of the molecule is CCCOCCOC(=O)CC(=O)C=Cc1cccc(Cl)c1. The molecule has 0 saturated carbocycles. The van der Waals surface area contributed by atoms with Crippen molar-refractivity contribution in [3.63, 3.8) is 0 Å². The first kappa shape index (κ1) is 17.4. The molecule has 1 aromatic carbocycles. The first-order valence-corrected chi connectivity index (χ1v) is 7.19. The molecule has 0 saturated heterocycles. The second kappa shape index (κ2) is 10.1. The van der Waals surface area contributed by atoms with Gasteiger partial charge in [0.15, 0.2) is 5.78 Å². The van der Waals surface area contributed by atoms with Gasteiger partial charge in [-0.15, -0.1) is 0 Å². The zero-order chi connectivity index (χ0) is 15.5. The first-order chi connectivity index (χ1) is 10.1. The quantitative estimate of drug-likeness (QED) is 0.304. The lowest BCUT2D eigenvalue weighted by Gasteiger charge is -2.04. The van der Waals surface area contributed by atoms with E-state index in [0.29, 0.717) is 18.2 Å². The Kier molecular flexibility index (Phi) is 8.40. The number of ketones is 1. The predicted molar refractivity (Wildman–Crippen MR) is 82.2 cm³/mol. The lowest BCUT2D eigenvalue weighted by atomic mass is 10.2. The molecule has 0 unspecified atom stereocenters. The standard InChI is InChI=1S/C16H19ClO4/c1-2-8-20-9-10-21-16(19)12-15(18)7-6-13-4-3-5-14(17)11-13/h3-7,11H,2,8-10,12H2,1H3. The van der Waals surface area contributed by atoms with Crippen molar-refractivity contribution in [3.05, 3.63) is 40.9 Å². The number of allylic oxidation sites excluding steroid dienone is 1. The monoisotopic (exact) mass is 310 g/mol. The number of benzene rings is 1. The minimum atomic E-state index is -0.546. The molecular weight excluding hydrogens is 292 g/mol. The van der Waals surface area contributed by atoms with Crippen molar-refractivity contribution in [1.82, 2.24) is 0 Å². The third-order valence-corrected chi connectivity index (χ3v) is 2.70. The number of esters is 1. The van der Waals surface area contributed by atoms with Gasteiger partial charge in [0.2, 0.25) is 0 Å². The normalized spacial score (nSPS) is 10.8. The maximum atomic E-state index is 11.6. The molecule has 0 aliphatic carbocycles. The van der Waals surface area contributed by atoms with Crippen molar-refractivity contribution in [2.75, 3.05) is 19.8 Å². The van der Waals surface area contributed by atoms with Crippen molar-refractivity contribution >= 4 is 29.4 Å². The smallest absolute Gasteiger partial charge is 0.313 e. The van der Waals surface area contributed by atoms with E-state index in [2.05, 4.69) is 0 Å². The van der Waals surface area contributed by atoms with Gasteiger partial charge in [0.25, 0.3) is 0 Å². The summed E-state index contributed by atoms with van der Waals surface area (Å²) in [5, 5.41) is 0.594. The summed E-state index contributed by atoms with van der Waals surface area (Å²) in [6.45, 7) is 3.16. The number of carbonyl (C=O) groups is 2. The second-order valence-corrected chi connectivity index (χ2v) is 4.80. The fraction of sp³-hybridized carbons (Fsp3) is 0.375. The molecule has 1 aromatic rings. The Labute approximate surface area is 129 Å². The van der Waals surface area contributed by atoms with Crippen LogP contribution in [0.1, 0.15) is 25.3 Å². The highest BCUT2D eigenvalue weighted by atomic mass is 35.5. The third-order valence-electron chi connectivity index (χ3n) is 2.47. The van der Waals surface area contributed by atoms with Crippen LogP contribution in [0.4, 0.5) is 0 Å². The second-order valence-electron chi connectivity index (χ2n) is 4.36. The summed E-state index contributed by atoms with van der Waals surface area (Å²) >= 11 is 5.83. The molecular formula is C16H19ClO4. The van der Waals surface area contributed by atoms with Crippen LogP contribution in [0, 0.1) is 0 Å². The van der Waals surface area contributed by atoms with Crippen molar-refractivity contribution in [3.8, 4) is 0 Å². The van der Waals surface area contributed by atoms with Crippen LogP contribution in [0.2, 0.25) is 5.02 Å². The van der Waals surface area contributed by atoms with Crippen LogP contribution in [0.15, 0.2) is 30.3 Å². The zero-order valence-electron chi connectivity index (χ0n) is 12.0. The summed E-state index contributed by atoms with van der Waals surface area (Å²) in [4.78, 5) is 23.0. The van der Waals surface area contributed by atoms with Gasteiger partial charge in [-0.2, -0.15) is 0 Å². The minimum Gasteiger partial charge on any atom is -0.463 e. The molecule has 0 fully saturated rings. The fourth-order valence-corrected chi connectivity index (χ4v) is 1.71. The number of ether oxygens (including phenoxy) is 2. The maximum absolute atomic E-state index is 11.6. The summed E-state index contributed by atoms with van der Waals surface area (Å²) in [7, 11) is 0. The Bertz CT molecular complexity index is 497. The highest BCUT2D eigenvalue weighted by Crippen LogP contribution is 2.11. The highest BCUT2D eigenvalue weighted by Gasteiger charge is 2.07. The average Bonchev–Trinajstić information content (AvgIpc) is 2.45. The van der Waals surface area contributed by atoms with Crippen molar-refractivity contribution in [1.29, 1.82) is 0 Å². The average molecular weight is 311 g/mol. The van der Waals surface area contributed by atoms with Gasteiger partial charge in [-0.3, -0.25) is 9.59 Å². The Morgan fingerprint density at radius 3 is 2.76 bits per heavy atom. The van der Waals surface area contributed by atoms with E-state index in [4.69, 9.17) is 21.1 Å². The van der Waals surface area contributed by atoms with Gasteiger partial charge in [-0.05, 0) is 30.2 Å². The number of hydrogen-bond donors (Lipinski definition) is 0. The topological polar surface area (TPSA) is 52.6 Å². The van der Waals surface area contributed by atoms with E-state index in [0.717, 1.165) is 12.0 Å². The van der Waals surface area contributed by atoms with Gasteiger partial charge in [0.05, 0.1) is 6.61 Å². The van der Waals surface area contributed by atoms with Crippen LogP contribution < -0.4 is 0 Å². The molecule has 0 atom stereocenters. The Morgan fingerprint density at radius 1 is 1.24 bits per heavy atom. The zero-order valence-corrected chi connectivity index (χ0v) is 12.8. The molecule has 5 heteroatoms. The van der Waals surface area contributed by atoms with Crippen LogP contribution in [-0.4, -0.2) is 31.6 Å². The van der Waals surface area contributed by atoms with Crippen molar-refractivity contribution in [2.24, 2.45) is 0 Å². The molecule has 0 aliphatic heterocycles. The van der Waals surface area contributed by atoms with Crippen LogP contribution in [0.25, 0.3) is 6.08 Å². The van der Waals surface area contributed by atoms with E-state index in [-0.39, 0.29) is 18.8 Å². The molecule has 0 amide bonds. The molecule has 4 nitrogen and oxygen atoms in total. The Balaban J connectivity index is 2.28. The molecule has 114 valence electrons. The fourth-order valence-electron chi connectivity index (χ4n) is 1.51. The maximum Gasteiger partial charge on any atom is 0.313 e. The summed E-state index contributed by atoms with van der Waals surface area (Å²) in [5.74, 6) is -0.856. The van der Waals surface area contributed by atoms with Crippen LogP contribution in [-0.2, 0) is 19.1 Å². The Morgan fingerprint density at radius 2 is 2.05 bits per heavy atom. The summed E-state index contributed by atoms with van der Waals surface area (Å²) in [5.41, 5.74) is 0.803. The largest absolute Gasteiger partial charge is 0.463 e. The molecule has 1 rings (SSSR count). The van der Waals surface area contributed by atoms with E-state index in [1.54, 1.807) is 24.3 Å². The van der Waals surface area contributed by atoms with Crippen LogP contribution in [0.3, 0.4) is 0 Å². The summed E-state index contributed by atoms with van der Waals surface area (Å²) in [6, 6.07) is 7.09. The molecule has 0 aliphatic rings. The van der Waals surface area contributed by atoms with E-state index in [1.807, 2.05) is 13.0 Å². The van der Waals surface area contributed by atoms with Gasteiger partial charge < -0.3 is 9.47 Å². The molecule has 21 heavy (non-hydrogen) atoms. The molecule has 0 radical (unpaired) electrons. The van der Waals surface area contributed by atoms with Crippen LogP contribution in [0.5, 0.6) is 0 Å². The molecule has 0 spiro atoms. The van der Waals surface area contributed by atoms with Crippen molar-refractivity contribution in [2.45, 2.75) is 19.8 Å². The van der Waals surface area contributed by atoms with Crippen LogP contribution >= 0.6 is 11.6 Å². The van der Waals surface area contributed by atoms with Gasteiger partial charge >= 0.3 is 5.97 Å². The third kappa shape index (κ3) is 8.27.